The van der Waals surface area contributed by atoms with Crippen molar-refractivity contribution in [3.8, 4) is 5.75 Å². The Balaban J connectivity index is 1.91. The van der Waals surface area contributed by atoms with Crippen molar-refractivity contribution in [1.82, 2.24) is 0 Å². The van der Waals surface area contributed by atoms with E-state index in [1.807, 2.05) is 30.3 Å². The zero-order valence-electron chi connectivity index (χ0n) is 10.7. The fourth-order valence-corrected chi connectivity index (χ4v) is 2.28. The summed E-state index contributed by atoms with van der Waals surface area (Å²) >= 11 is 0. The highest BCUT2D eigenvalue weighted by Gasteiger charge is 2.11. The van der Waals surface area contributed by atoms with Crippen molar-refractivity contribution in [2.45, 2.75) is 11.5 Å². The molecule has 21 heavy (non-hydrogen) atoms. The van der Waals surface area contributed by atoms with Crippen molar-refractivity contribution in [1.29, 1.82) is 0 Å². The first-order valence-electron chi connectivity index (χ1n) is 5.88. The smallest absolute Gasteiger partial charge is 0.429 e. The molecule has 0 aromatic heterocycles. The molecule has 0 spiro atoms. The summed E-state index contributed by atoms with van der Waals surface area (Å²) < 4.78 is 31.9. The van der Waals surface area contributed by atoms with Crippen LogP contribution < -0.4 is 4.74 Å². The summed E-state index contributed by atoms with van der Waals surface area (Å²) in [6.45, 7) is 0.0911. The SMILES string of the molecule is O=C(OCc1ccccc1)Oc1ccc(S(=O)(=O)Cl)cc1. The maximum Gasteiger partial charge on any atom is 0.514 e. The molecule has 0 heterocycles. The molecule has 0 saturated carbocycles. The fraction of sp³-hybridized carbons (Fsp3) is 0.0714. The molecule has 0 atom stereocenters. The number of halogens is 1. The lowest BCUT2D eigenvalue weighted by Crippen LogP contribution is -2.10. The predicted molar refractivity (Wildman–Crippen MR) is 76.7 cm³/mol. The summed E-state index contributed by atoms with van der Waals surface area (Å²) in [5, 5.41) is 0. The second-order valence-electron chi connectivity index (χ2n) is 4.04. The largest absolute Gasteiger partial charge is 0.514 e. The number of ether oxygens (including phenoxy) is 2. The van der Waals surface area contributed by atoms with Crippen LogP contribution in [0.25, 0.3) is 0 Å². The van der Waals surface area contributed by atoms with E-state index in [-0.39, 0.29) is 17.3 Å². The number of hydrogen-bond donors (Lipinski definition) is 0. The summed E-state index contributed by atoms with van der Waals surface area (Å²) in [7, 11) is 1.38. The van der Waals surface area contributed by atoms with Crippen LogP contribution in [0.2, 0.25) is 0 Å². The summed E-state index contributed by atoms with van der Waals surface area (Å²) in [5.41, 5.74) is 0.832. The van der Waals surface area contributed by atoms with Crippen LogP contribution in [0.5, 0.6) is 5.75 Å². The Morgan fingerprint density at radius 1 is 1.00 bits per heavy atom. The maximum atomic E-state index is 11.5. The lowest BCUT2D eigenvalue weighted by Gasteiger charge is -2.06. The zero-order valence-corrected chi connectivity index (χ0v) is 12.3. The van der Waals surface area contributed by atoms with E-state index in [0.29, 0.717) is 0 Å². The van der Waals surface area contributed by atoms with Gasteiger partial charge in [0.2, 0.25) is 0 Å². The molecular weight excluding hydrogens is 316 g/mol. The van der Waals surface area contributed by atoms with Gasteiger partial charge in [-0.2, -0.15) is 0 Å². The molecule has 110 valence electrons. The minimum atomic E-state index is -3.79. The third kappa shape index (κ3) is 4.77. The van der Waals surface area contributed by atoms with Crippen LogP contribution in [0.1, 0.15) is 5.56 Å². The second-order valence-corrected chi connectivity index (χ2v) is 6.60. The summed E-state index contributed by atoms with van der Waals surface area (Å²) in [5.74, 6) is 0.164. The molecule has 2 aromatic carbocycles. The van der Waals surface area contributed by atoms with Gasteiger partial charge in [-0.05, 0) is 29.8 Å². The molecule has 0 unspecified atom stereocenters. The molecule has 0 amide bonds. The molecule has 2 aromatic rings. The number of carbonyl (C=O) groups excluding carboxylic acids is 1. The molecule has 0 aliphatic rings. The molecule has 0 fully saturated rings. The summed E-state index contributed by atoms with van der Waals surface area (Å²) in [6.07, 6.45) is -0.875. The molecule has 0 aliphatic carbocycles. The van der Waals surface area contributed by atoms with E-state index in [9.17, 15) is 13.2 Å². The molecule has 0 bridgehead atoms. The molecule has 7 heteroatoms. The van der Waals surface area contributed by atoms with Gasteiger partial charge in [-0.15, -0.1) is 0 Å². The fourth-order valence-electron chi connectivity index (χ4n) is 1.51. The van der Waals surface area contributed by atoms with E-state index in [0.717, 1.165) is 5.56 Å². The Kier molecular flexibility index (Phi) is 4.82. The maximum absolute atomic E-state index is 11.5. The van der Waals surface area contributed by atoms with Gasteiger partial charge < -0.3 is 9.47 Å². The molecule has 0 aliphatic heterocycles. The van der Waals surface area contributed by atoms with E-state index in [1.54, 1.807) is 0 Å². The van der Waals surface area contributed by atoms with Crippen molar-refractivity contribution >= 4 is 25.9 Å². The first-order chi connectivity index (χ1) is 9.95. The van der Waals surface area contributed by atoms with E-state index < -0.39 is 15.2 Å². The third-order valence-corrected chi connectivity index (χ3v) is 3.88. The van der Waals surface area contributed by atoms with Crippen molar-refractivity contribution < 1.29 is 22.7 Å². The minimum absolute atomic E-state index is 0.0748. The highest BCUT2D eigenvalue weighted by atomic mass is 35.7. The van der Waals surface area contributed by atoms with Crippen molar-refractivity contribution in [3.63, 3.8) is 0 Å². The first kappa shape index (κ1) is 15.3. The second kappa shape index (κ2) is 6.60. The van der Waals surface area contributed by atoms with Crippen LogP contribution >= 0.6 is 10.7 Å². The van der Waals surface area contributed by atoms with Crippen molar-refractivity contribution in [2.24, 2.45) is 0 Å². The summed E-state index contributed by atoms with van der Waals surface area (Å²) in [6, 6.07) is 14.3. The highest BCUT2D eigenvalue weighted by molar-refractivity contribution is 8.13. The average molecular weight is 327 g/mol. The van der Waals surface area contributed by atoms with E-state index in [1.165, 1.54) is 24.3 Å². The van der Waals surface area contributed by atoms with Gasteiger partial charge >= 0.3 is 6.16 Å². The number of hydrogen-bond acceptors (Lipinski definition) is 5. The molecular formula is C14H11ClO5S. The predicted octanol–water partition coefficient (Wildman–Crippen LogP) is 3.33. The van der Waals surface area contributed by atoms with Gasteiger partial charge in [0.15, 0.2) is 0 Å². The lowest BCUT2D eigenvalue weighted by atomic mass is 10.2. The number of rotatable bonds is 4. The van der Waals surface area contributed by atoms with Gasteiger partial charge in [-0.1, -0.05) is 30.3 Å². The van der Waals surface area contributed by atoms with Crippen LogP contribution in [0.15, 0.2) is 59.5 Å². The number of carbonyl (C=O) groups is 1. The Morgan fingerprint density at radius 2 is 1.62 bits per heavy atom. The summed E-state index contributed by atoms with van der Waals surface area (Å²) in [4.78, 5) is 11.4. The topological polar surface area (TPSA) is 69.7 Å². The van der Waals surface area contributed by atoms with Crippen LogP contribution in [-0.4, -0.2) is 14.6 Å². The standard InChI is InChI=1S/C14H11ClO5S/c15-21(17,18)13-8-6-12(7-9-13)20-14(16)19-10-11-4-2-1-3-5-11/h1-9H,10H2. The Labute approximate surface area is 126 Å². The average Bonchev–Trinajstić information content (AvgIpc) is 2.46. The molecule has 0 radical (unpaired) electrons. The van der Waals surface area contributed by atoms with Crippen molar-refractivity contribution in [2.75, 3.05) is 0 Å². The molecule has 2 rings (SSSR count). The van der Waals surface area contributed by atoms with Crippen LogP contribution in [0, 0.1) is 0 Å². The minimum Gasteiger partial charge on any atom is -0.429 e. The van der Waals surface area contributed by atoms with Gasteiger partial charge in [-0.25, -0.2) is 13.2 Å². The van der Waals surface area contributed by atoms with Crippen molar-refractivity contribution in [3.05, 3.63) is 60.2 Å². The van der Waals surface area contributed by atoms with Gasteiger partial charge in [0.1, 0.15) is 12.4 Å². The van der Waals surface area contributed by atoms with E-state index >= 15 is 0 Å². The van der Waals surface area contributed by atoms with Gasteiger partial charge in [0.05, 0.1) is 4.90 Å². The van der Waals surface area contributed by atoms with Crippen LogP contribution in [-0.2, 0) is 20.4 Å². The highest BCUT2D eigenvalue weighted by Crippen LogP contribution is 2.19. The number of benzene rings is 2. The molecule has 0 saturated heterocycles. The van der Waals surface area contributed by atoms with Gasteiger partial charge in [-0.3, -0.25) is 0 Å². The Morgan fingerprint density at radius 3 is 2.19 bits per heavy atom. The van der Waals surface area contributed by atoms with Gasteiger partial charge in [0, 0.05) is 10.7 Å². The quantitative estimate of drug-likeness (QED) is 0.489. The van der Waals surface area contributed by atoms with E-state index in [2.05, 4.69) is 0 Å². The monoisotopic (exact) mass is 326 g/mol. The van der Waals surface area contributed by atoms with Gasteiger partial charge in [0.25, 0.3) is 9.05 Å². The first-order valence-corrected chi connectivity index (χ1v) is 8.19. The molecule has 5 nitrogen and oxygen atoms in total. The Bertz CT molecular complexity index is 711. The third-order valence-electron chi connectivity index (χ3n) is 2.51. The van der Waals surface area contributed by atoms with Crippen LogP contribution in [0.4, 0.5) is 4.79 Å². The normalized spacial score (nSPS) is 10.9. The Hall–Kier alpha value is -2.05. The zero-order chi connectivity index (χ0) is 15.3. The lowest BCUT2D eigenvalue weighted by molar-refractivity contribution is 0.0927. The molecule has 0 N–H and O–H groups in total. The van der Waals surface area contributed by atoms with Crippen LogP contribution in [0.3, 0.4) is 0 Å². The van der Waals surface area contributed by atoms with E-state index in [4.69, 9.17) is 20.2 Å².